The molecule has 1 saturated heterocycles. The largest absolute Gasteiger partial charge is 0.365 e. The number of hydrogen-bond donors (Lipinski definition) is 2. The number of nitriles is 1. The molecule has 2 N–H and O–H groups in total. The van der Waals surface area contributed by atoms with Gasteiger partial charge < -0.3 is 15.0 Å². The molecule has 130 valence electrons. The lowest BCUT2D eigenvalue weighted by atomic mass is 10.1. The summed E-state index contributed by atoms with van der Waals surface area (Å²) in [4.78, 5) is 18.4. The number of fused-ring (bicyclic) bond motifs is 1. The zero-order chi connectivity index (χ0) is 17.9. The van der Waals surface area contributed by atoms with Gasteiger partial charge in [0.1, 0.15) is 0 Å². The van der Waals surface area contributed by atoms with Crippen molar-refractivity contribution in [3.8, 4) is 17.5 Å². The number of H-pyrrole nitrogens is 1. The molecule has 1 atom stereocenters. The molecule has 1 aliphatic heterocycles. The Labute approximate surface area is 149 Å². The summed E-state index contributed by atoms with van der Waals surface area (Å²) in [5, 5.41) is 19.8. The number of pyridine rings is 1. The van der Waals surface area contributed by atoms with Gasteiger partial charge >= 0.3 is 0 Å². The molecule has 1 aliphatic rings. The van der Waals surface area contributed by atoms with Crippen molar-refractivity contribution in [3.63, 3.8) is 0 Å². The number of benzene rings is 1. The highest BCUT2D eigenvalue weighted by Crippen LogP contribution is 2.27. The summed E-state index contributed by atoms with van der Waals surface area (Å²) in [6, 6.07) is 9.36. The minimum atomic E-state index is -0.669. The number of carbonyl (C=O) groups is 1. The number of aromatic nitrogens is 3. The van der Waals surface area contributed by atoms with Gasteiger partial charge in [0.05, 0.1) is 37.1 Å². The van der Waals surface area contributed by atoms with Crippen molar-refractivity contribution in [2.45, 2.75) is 6.10 Å². The molecule has 0 spiro atoms. The third-order valence-corrected chi connectivity index (χ3v) is 4.29. The van der Waals surface area contributed by atoms with Crippen LogP contribution in [-0.2, 0) is 9.53 Å². The standard InChI is InChI=1S/C18H16N6O2/c19-11-24-6-7-26-17(10-24)18(25)22-12-4-5-20-16(8-12)13-2-1-3-15-14(13)9-21-23-15/h1-5,8-9,17H,6-7,10H2,(H,21,23)(H,20,22,25). The Morgan fingerprint density at radius 1 is 1.42 bits per heavy atom. The fourth-order valence-electron chi connectivity index (χ4n) is 2.97. The second-order valence-corrected chi connectivity index (χ2v) is 5.96. The highest BCUT2D eigenvalue weighted by molar-refractivity contribution is 5.96. The molecule has 4 rings (SSSR count). The molecule has 1 fully saturated rings. The molecule has 0 radical (unpaired) electrons. The lowest BCUT2D eigenvalue weighted by Crippen LogP contribution is -2.46. The Balaban J connectivity index is 1.56. The lowest BCUT2D eigenvalue weighted by molar-refractivity contribution is -0.131. The SMILES string of the molecule is N#CN1CCOC(C(=O)Nc2ccnc(-c3cccc4[nH]ncc34)c2)C1. The molecule has 1 unspecified atom stereocenters. The van der Waals surface area contributed by atoms with E-state index >= 15 is 0 Å². The van der Waals surface area contributed by atoms with Gasteiger partial charge in [-0.15, -0.1) is 0 Å². The van der Waals surface area contributed by atoms with E-state index in [4.69, 9.17) is 10.00 Å². The van der Waals surface area contributed by atoms with Crippen LogP contribution in [0.1, 0.15) is 0 Å². The Morgan fingerprint density at radius 2 is 2.35 bits per heavy atom. The number of nitrogens with zero attached hydrogens (tertiary/aromatic N) is 4. The maximum absolute atomic E-state index is 12.4. The third kappa shape index (κ3) is 3.08. The molecule has 8 nitrogen and oxygen atoms in total. The summed E-state index contributed by atoms with van der Waals surface area (Å²) >= 11 is 0. The van der Waals surface area contributed by atoms with E-state index in [1.807, 2.05) is 24.3 Å². The van der Waals surface area contributed by atoms with E-state index in [2.05, 4.69) is 26.7 Å². The van der Waals surface area contributed by atoms with Gasteiger partial charge in [-0.25, -0.2) is 0 Å². The van der Waals surface area contributed by atoms with E-state index in [0.29, 0.717) is 18.8 Å². The van der Waals surface area contributed by atoms with Gasteiger partial charge in [0.2, 0.25) is 0 Å². The first kappa shape index (κ1) is 16.1. The molecule has 8 heteroatoms. The van der Waals surface area contributed by atoms with Gasteiger partial charge in [-0.3, -0.25) is 14.9 Å². The van der Waals surface area contributed by atoms with E-state index in [1.54, 1.807) is 18.5 Å². The highest BCUT2D eigenvalue weighted by atomic mass is 16.5. The van der Waals surface area contributed by atoms with Crippen LogP contribution in [0, 0.1) is 11.5 Å². The Hall–Kier alpha value is -3.44. The van der Waals surface area contributed by atoms with Crippen LogP contribution in [0.25, 0.3) is 22.2 Å². The van der Waals surface area contributed by atoms with Crippen LogP contribution in [0.15, 0.2) is 42.7 Å². The van der Waals surface area contributed by atoms with Crippen molar-refractivity contribution in [2.75, 3.05) is 25.0 Å². The first-order valence-corrected chi connectivity index (χ1v) is 8.20. The Morgan fingerprint density at radius 3 is 3.23 bits per heavy atom. The fourth-order valence-corrected chi connectivity index (χ4v) is 2.97. The molecule has 3 heterocycles. The summed E-state index contributed by atoms with van der Waals surface area (Å²) in [5.41, 5.74) is 3.21. The first-order valence-electron chi connectivity index (χ1n) is 8.20. The number of rotatable bonds is 3. The van der Waals surface area contributed by atoms with Crippen molar-refractivity contribution in [1.29, 1.82) is 5.26 Å². The van der Waals surface area contributed by atoms with E-state index < -0.39 is 6.10 Å². The molecule has 0 saturated carbocycles. The van der Waals surface area contributed by atoms with Crippen molar-refractivity contribution in [3.05, 3.63) is 42.7 Å². The van der Waals surface area contributed by atoms with Gasteiger partial charge in [0, 0.05) is 22.8 Å². The second kappa shape index (κ2) is 6.82. The van der Waals surface area contributed by atoms with Crippen molar-refractivity contribution in [1.82, 2.24) is 20.1 Å². The minimum Gasteiger partial charge on any atom is -0.365 e. The van der Waals surface area contributed by atoms with E-state index in [1.165, 1.54) is 4.90 Å². The molecular formula is C18H16N6O2. The highest BCUT2D eigenvalue weighted by Gasteiger charge is 2.26. The Bertz CT molecular complexity index is 993. The summed E-state index contributed by atoms with van der Waals surface area (Å²) < 4.78 is 5.47. The smallest absolute Gasteiger partial charge is 0.255 e. The number of morpholine rings is 1. The fraction of sp³-hybridized carbons (Fsp3) is 0.222. The molecule has 2 aromatic heterocycles. The van der Waals surface area contributed by atoms with Gasteiger partial charge in [-0.05, 0) is 18.2 Å². The number of hydrogen-bond acceptors (Lipinski definition) is 6. The van der Waals surface area contributed by atoms with Crippen LogP contribution in [0.5, 0.6) is 0 Å². The van der Waals surface area contributed by atoms with Crippen molar-refractivity contribution >= 4 is 22.5 Å². The van der Waals surface area contributed by atoms with E-state index in [9.17, 15) is 4.79 Å². The minimum absolute atomic E-state index is 0.259. The van der Waals surface area contributed by atoms with Crippen LogP contribution < -0.4 is 5.32 Å². The zero-order valence-corrected chi connectivity index (χ0v) is 13.8. The third-order valence-electron chi connectivity index (χ3n) is 4.29. The summed E-state index contributed by atoms with van der Waals surface area (Å²) in [6.45, 7) is 1.12. The average molecular weight is 348 g/mol. The first-order chi connectivity index (χ1) is 12.7. The number of anilines is 1. The van der Waals surface area contributed by atoms with Crippen LogP contribution in [-0.4, -0.2) is 51.8 Å². The Kier molecular flexibility index (Phi) is 4.21. The lowest BCUT2D eigenvalue weighted by Gasteiger charge is -2.28. The van der Waals surface area contributed by atoms with Crippen LogP contribution in [0.4, 0.5) is 5.69 Å². The van der Waals surface area contributed by atoms with E-state index in [0.717, 1.165) is 22.2 Å². The monoisotopic (exact) mass is 348 g/mol. The molecular weight excluding hydrogens is 332 g/mol. The molecule has 1 amide bonds. The van der Waals surface area contributed by atoms with E-state index in [-0.39, 0.29) is 12.5 Å². The molecule has 1 aromatic carbocycles. The number of ether oxygens (including phenoxy) is 1. The summed E-state index contributed by atoms with van der Waals surface area (Å²) in [7, 11) is 0. The predicted molar refractivity (Wildman–Crippen MR) is 94.9 cm³/mol. The quantitative estimate of drug-likeness (QED) is 0.698. The average Bonchev–Trinajstić information content (AvgIpc) is 3.17. The number of aromatic amines is 1. The normalized spacial score (nSPS) is 17.0. The summed E-state index contributed by atoms with van der Waals surface area (Å²) in [5.74, 6) is -0.274. The van der Waals surface area contributed by atoms with Gasteiger partial charge in [0.25, 0.3) is 5.91 Å². The van der Waals surface area contributed by atoms with Crippen molar-refractivity contribution < 1.29 is 9.53 Å². The molecule has 26 heavy (non-hydrogen) atoms. The summed E-state index contributed by atoms with van der Waals surface area (Å²) in [6.07, 6.45) is 4.78. The van der Waals surface area contributed by atoms with Gasteiger partial charge in [-0.1, -0.05) is 12.1 Å². The predicted octanol–water partition coefficient (Wildman–Crippen LogP) is 1.75. The maximum Gasteiger partial charge on any atom is 0.255 e. The van der Waals surface area contributed by atoms with Crippen LogP contribution >= 0.6 is 0 Å². The maximum atomic E-state index is 12.4. The van der Waals surface area contributed by atoms with Gasteiger partial charge in [0.15, 0.2) is 12.3 Å². The molecule has 0 aliphatic carbocycles. The van der Waals surface area contributed by atoms with Crippen LogP contribution in [0.3, 0.4) is 0 Å². The second-order valence-electron chi connectivity index (χ2n) is 5.96. The number of nitrogens with one attached hydrogen (secondary N) is 2. The number of amides is 1. The molecule has 0 bridgehead atoms. The van der Waals surface area contributed by atoms with Crippen LogP contribution in [0.2, 0.25) is 0 Å². The topological polar surface area (TPSA) is 107 Å². The zero-order valence-electron chi connectivity index (χ0n) is 13.8. The molecule has 3 aromatic rings. The van der Waals surface area contributed by atoms with Crippen molar-refractivity contribution in [2.24, 2.45) is 0 Å². The number of carbonyl (C=O) groups excluding carboxylic acids is 1. The van der Waals surface area contributed by atoms with Gasteiger partial charge in [-0.2, -0.15) is 10.4 Å².